The largest absolute Gasteiger partial charge is 0.419 e. The molecule has 1 unspecified atom stereocenters. The van der Waals surface area contributed by atoms with Gasteiger partial charge in [0.1, 0.15) is 11.9 Å². The normalized spacial score (nSPS) is 16.1. The first-order valence-corrected chi connectivity index (χ1v) is 11.7. The Balaban J connectivity index is 1.66. The number of piperidine rings is 1. The quantitative estimate of drug-likeness (QED) is 0.479. The van der Waals surface area contributed by atoms with Crippen molar-refractivity contribution in [1.29, 1.82) is 5.26 Å². The molecule has 3 heterocycles. The van der Waals surface area contributed by atoms with E-state index in [2.05, 4.69) is 0 Å². The number of amides is 1. The Morgan fingerprint density at radius 1 is 1.24 bits per heavy atom. The van der Waals surface area contributed by atoms with Crippen LogP contribution < -0.4 is 11.5 Å². The molecule has 2 aromatic heterocycles. The summed E-state index contributed by atoms with van der Waals surface area (Å²) in [5, 5.41) is 9.10. The summed E-state index contributed by atoms with van der Waals surface area (Å²) in [7, 11) is 1.62. The molecule has 1 aliphatic rings. The Bertz CT molecular complexity index is 1530. The van der Waals surface area contributed by atoms with Gasteiger partial charge in [0.15, 0.2) is 5.58 Å². The molecule has 4 aromatic rings. The van der Waals surface area contributed by atoms with Crippen LogP contribution in [0.15, 0.2) is 51.7 Å². The number of thiophene rings is 1. The van der Waals surface area contributed by atoms with E-state index in [4.69, 9.17) is 15.4 Å². The number of oxazole rings is 1. The maximum Gasteiger partial charge on any atom is 0.419 e. The predicted octanol–water partition coefficient (Wildman–Crippen LogP) is 4.10. The molecule has 5 rings (SSSR count). The smallest absolute Gasteiger partial charge is 0.408 e. The highest BCUT2D eigenvalue weighted by molar-refractivity contribution is 7.18. The molecule has 0 saturated carbocycles. The van der Waals surface area contributed by atoms with Crippen molar-refractivity contribution < 1.29 is 13.6 Å². The van der Waals surface area contributed by atoms with Gasteiger partial charge in [-0.05, 0) is 60.4 Å². The average molecular weight is 477 g/mol. The molecule has 9 heteroatoms. The minimum absolute atomic E-state index is 0.0472. The second kappa shape index (κ2) is 8.56. The second-order valence-corrected chi connectivity index (χ2v) is 9.48. The van der Waals surface area contributed by atoms with Crippen LogP contribution in [0.2, 0.25) is 0 Å². The molecule has 172 valence electrons. The molecule has 1 aliphatic heterocycles. The van der Waals surface area contributed by atoms with E-state index in [0.717, 1.165) is 23.3 Å². The number of nitriles is 1. The minimum atomic E-state index is -0.625. The number of nitrogens with zero attached hydrogens (tertiary/aromatic N) is 3. The van der Waals surface area contributed by atoms with Crippen molar-refractivity contribution in [3.8, 4) is 27.6 Å². The van der Waals surface area contributed by atoms with E-state index in [0.29, 0.717) is 40.2 Å². The standard InChI is InChI=1S/C25H21FN4O3S/c1-29-20-10-15(6-7-21(20)33-25(29)32)23-18(14-4-5-16(12-27)19(26)9-14)11-22(34-23)24(31)30-8-2-3-17(28)13-30/h4-7,9-11,17H,2-3,8,13,28H2,1H3. The summed E-state index contributed by atoms with van der Waals surface area (Å²) in [4.78, 5) is 28.3. The van der Waals surface area contributed by atoms with Crippen LogP contribution in [-0.4, -0.2) is 34.5 Å². The fourth-order valence-corrected chi connectivity index (χ4v) is 5.46. The molecule has 1 saturated heterocycles. The zero-order chi connectivity index (χ0) is 24.0. The zero-order valence-electron chi connectivity index (χ0n) is 18.4. The summed E-state index contributed by atoms with van der Waals surface area (Å²) in [6, 6.07) is 13.3. The Hall–Kier alpha value is -3.74. The van der Waals surface area contributed by atoms with Crippen LogP contribution in [0.25, 0.3) is 32.7 Å². The van der Waals surface area contributed by atoms with Crippen LogP contribution in [0.1, 0.15) is 28.1 Å². The molecular formula is C25H21FN4O3S. The number of nitrogens with two attached hydrogens (primary N) is 1. The molecule has 1 atom stereocenters. The summed E-state index contributed by atoms with van der Waals surface area (Å²) in [5.74, 6) is -1.21. The minimum Gasteiger partial charge on any atom is -0.408 e. The van der Waals surface area contributed by atoms with Crippen LogP contribution in [0.3, 0.4) is 0 Å². The Morgan fingerprint density at radius 3 is 2.76 bits per heavy atom. The second-order valence-electron chi connectivity index (χ2n) is 8.42. The molecule has 34 heavy (non-hydrogen) atoms. The van der Waals surface area contributed by atoms with Gasteiger partial charge in [-0.15, -0.1) is 11.3 Å². The summed E-state index contributed by atoms with van der Waals surface area (Å²) >= 11 is 1.31. The monoisotopic (exact) mass is 476 g/mol. The first-order valence-electron chi connectivity index (χ1n) is 10.8. The number of hydrogen-bond acceptors (Lipinski definition) is 6. The SMILES string of the molecule is Cn1c(=O)oc2ccc(-c3sc(C(=O)N4CCCC(N)C4)cc3-c3ccc(C#N)c(F)c3)cc21. The van der Waals surface area contributed by atoms with Gasteiger partial charge in [0.2, 0.25) is 0 Å². The van der Waals surface area contributed by atoms with E-state index < -0.39 is 11.6 Å². The van der Waals surface area contributed by atoms with Gasteiger partial charge in [0.05, 0.1) is 16.0 Å². The molecule has 2 aromatic carbocycles. The number of carbonyl (C=O) groups excluding carboxylic acids is 1. The number of rotatable bonds is 3. The number of fused-ring (bicyclic) bond motifs is 1. The molecule has 0 radical (unpaired) electrons. The lowest BCUT2D eigenvalue weighted by Gasteiger charge is -2.30. The van der Waals surface area contributed by atoms with Gasteiger partial charge in [-0.3, -0.25) is 9.36 Å². The summed E-state index contributed by atoms with van der Waals surface area (Å²) in [5.41, 5.74) is 9.09. The van der Waals surface area contributed by atoms with E-state index in [1.54, 1.807) is 30.1 Å². The van der Waals surface area contributed by atoms with Gasteiger partial charge in [-0.1, -0.05) is 6.07 Å². The maximum atomic E-state index is 14.5. The van der Waals surface area contributed by atoms with Gasteiger partial charge in [-0.25, -0.2) is 9.18 Å². The van der Waals surface area contributed by atoms with E-state index in [9.17, 15) is 14.0 Å². The lowest BCUT2D eigenvalue weighted by Crippen LogP contribution is -2.45. The zero-order valence-corrected chi connectivity index (χ0v) is 19.2. The lowest BCUT2D eigenvalue weighted by molar-refractivity contribution is 0.0714. The van der Waals surface area contributed by atoms with Crippen LogP contribution in [-0.2, 0) is 7.05 Å². The first-order chi connectivity index (χ1) is 16.4. The van der Waals surface area contributed by atoms with E-state index in [1.165, 1.54) is 28.0 Å². The first kappa shape index (κ1) is 22.1. The molecule has 1 amide bonds. The van der Waals surface area contributed by atoms with Gasteiger partial charge in [-0.2, -0.15) is 5.26 Å². The van der Waals surface area contributed by atoms with Gasteiger partial charge in [0, 0.05) is 36.6 Å². The van der Waals surface area contributed by atoms with Gasteiger partial charge in [0.25, 0.3) is 5.91 Å². The number of hydrogen-bond donors (Lipinski definition) is 1. The molecule has 0 aliphatic carbocycles. The number of halogens is 1. The van der Waals surface area contributed by atoms with Crippen LogP contribution in [0, 0.1) is 17.1 Å². The molecule has 7 nitrogen and oxygen atoms in total. The highest BCUT2D eigenvalue weighted by Gasteiger charge is 2.26. The fourth-order valence-electron chi connectivity index (χ4n) is 4.32. The summed E-state index contributed by atoms with van der Waals surface area (Å²) in [6.07, 6.45) is 1.74. The van der Waals surface area contributed by atoms with Crippen molar-refractivity contribution in [2.45, 2.75) is 18.9 Å². The Kier molecular flexibility index (Phi) is 5.55. The van der Waals surface area contributed by atoms with Crippen molar-refractivity contribution >= 4 is 28.3 Å². The van der Waals surface area contributed by atoms with Crippen LogP contribution in [0.4, 0.5) is 4.39 Å². The van der Waals surface area contributed by atoms with E-state index in [1.807, 2.05) is 18.2 Å². The number of carbonyl (C=O) groups is 1. The average Bonchev–Trinajstić information content (AvgIpc) is 3.40. The van der Waals surface area contributed by atoms with Crippen LogP contribution in [0.5, 0.6) is 0 Å². The van der Waals surface area contributed by atoms with E-state index >= 15 is 0 Å². The van der Waals surface area contributed by atoms with E-state index in [-0.39, 0.29) is 17.5 Å². The van der Waals surface area contributed by atoms with Crippen molar-refractivity contribution in [3.05, 3.63) is 69.3 Å². The lowest BCUT2D eigenvalue weighted by atomic mass is 10.0. The third kappa shape index (κ3) is 3.81. The number of benzene rings is 2. The van der Waals surface area contributed by atoms with Crippen molar-refractivity contribution in [2.75, 3.05) is 13.1 Å². The molecule has 0 spiro atoms. The van der Waals surface area contributed by atoms with Crippen molar-refractivity contribution in [3.63, 3.8) is 0 Å². The summed E-state index contributed by atoms with van der Waals surface area (Å²) < 4.78 is 21.1. The topological polar surface area (TPSA) is 105 Å². The molecule has 0 bridgehead atoms. The molecule has 2 N–H and O–H groups in total. The van der Waals surface area contributed by atoms with Crippen molar-refractivity contribution in [2.24, 2.45) is 12.8 Å². The third-order valence-corrected chi connectivity index (χ3v) is 7.31. The number of aromatic nitrogens is 1. The Labute approximate surface area is 198 Å². The van der Waals surface area contributed by atoms with Gasteiger partial charge >= 0.3 is 5.76 Å². The maximum absolute atomic E-state index is 14.5. The Morgan fingerprint density at radius 2 is 2.03 bits per heavy atom. The predicted molar refractivity (Wildman–Crippen MR) is 128 cm³/mol. The third-order valence-electron chi connectivity index (χ3n) is 6.14. The van der Waals surface area contributed by atoms with Crippen LogP contribution >= 0.6 is 11.3 Å². The van der Waals surface area contributed by atoms with Crippen molar-refractivity contribution in [1.82, 2.24) is 9.47 Å². The fraction of sp³-hybridized carbons (Fsp3) is 0.240. The number of aryl methyl sites for hydroxylation is 1. The van der Waals surface area contributed by atoms with Gasteiger partial charge < -0.3 is 15.1 Å². The molecular weight excluding hydrogens is 455 g/mol. The highest BCUT2D eigenvalue weighted by Crippen LogP contribution is 2.41. The summed E-state index contributed by atoms with van der Waals surface area (Å²) in [6.45, 7) is 1.14. The highest BCUT2D eigenvalue weighted by atomic mass is 32.1. The number of likely N-dealkylation sites (tertiary alicyclic amines) is 1. The molecule has 1 fully saturated rings.